The van der Waals surface area contributed by atoms with Gasteiger partial charge in [-0.25, -0.2) is 24.7 Å². The largest absolute Gasteiger partial charge is 0.457 e. The second-order valence-electron chi connectivity index (χ2n) is 7.66. The third-order valence-corrected chi connectivity index (χ3v) is 5.94. The van der Waals surface area contributed by atoms with Gasteiger partial charge in [0.2, 0.25) is 5.95 Å². The molecule has 3 N–H and O–H groups in total. The molecule has 172 valence electrons. The molecule has 5 heterocycles. The summed E-state index contributed by atoms with van der Waals surface area (Å²) < 4.78 is 5.52. The molecule has 0 aliphatic carbocycles. The van der Waals surface area contributed by atoms with Crippen LogP contribution < -0.4 is 16.0 Å². The number of ether oxygens (including phenoxy) is 1. The van der Waals surface area contributed by atoms with E-state index in [0.717, 1.165) is 18.7 Å². The van der Waals surface area contributed by atoms with Crippen molar-refractivity contribution in [3.8, 4) is 11.5 Å². The van der Waals surface area contributed by atoms with Gasteiger partial charge in [-0.1, -0.05) is 6.07 Å². The van der Waals surface area contributed by atoms with Gasteiger partial charge in [0.15, 0.2) is 5.82 Å². The van der Waals surface area contributed by atoms with Crippen LogP contribution in [0, 0.1) is 6.92 Å². The summed E-state index contributed by atoms with van der Waals surface area (Å²) in [6.07, 6.45) is 4.07. The van der Waals surface area contributed by atoms with Crippen LogP contribution in [-0.4, -0.2) is 50.1 Å². The molecule has 0 radical (unpaired) electrons. The van der Waals surface area contributed by atoms with E-state index >= 15 is 0 Å². The van der Waals surface area contributed by atoms with Crippen molar-refractivity contribution in [2.75, 3.05) is 23.7 Å². The first-order chi connectivity index (χ1) is 16.6. The molecule has 11 heteroatoms. The molecule has 10 nitrogen and oxygen atoms in total. The summed E-state index contributed by atoms with van der Waals surface area (Å²) in [7, 11) is 0. The average molecular weight is 475 g/mol. The zero-order chi connectivity index (χ0) is 23.3. The lowest BCUT2D eigenvalue weighted by molar-refractivity contribution is 0.0350. The van der Waals surface area contributed by atoms with E-state index < -0.39 is 0 Å². The number of carbonyl (C=O) groups excluding carboxylic acids is 1. The Bertz CT molecular complexity index is 1310. The van der Waals surface area contributed by atoms with E-state index in [2.05, 4.69) is 40.9 Å². The summed E-state index contributed by atoms with van der Waals surface area (Å²) in [5.74, 6) is 1.73. The molecule has 0 spiro atoms. The van der Waals surface area contributed by atoms with Gasteiger partial charge in [-0.05, 0) is 50.2 Å². The van der Waals surface area contributed by atoms with Crippen LogP contribution in [0.25, 0.3) is 11.5 Å². The molecule has 0 amide bonds. The van der Waals surface area contributed by atoms with Crippen LogP contribution in [0.1, 0.15) is 21.8 Å². The molecule has 0 unspecified atom stereocenters. The number of rotatable bonds is 7. The predicted octanol–water partition coefficient (Wildman–Crippen LogP) is 3.70. The highest BCUT2D eigenvalue weighted by Crippen LogP contribution is 2.24. The van der Waals surface area contributed by atoms with E-state index in [1.54, 1.807) is 30.6 Å². The zero-order valence-electron chi connectivity index (χ0n) is 18.4. The summed E-state index contributed by atoms with van der Waals surface area (Å²) >= 11 is 1.32. The van der Waals surface area contributed by atoms with E-state index in [0.29, 0.717) is 46.2 Å². The highest BCUT2D eigenvalue weighted by molar-refractivity contribution is 7.12. The van der Waals surface area contributed by atoms with Gasteiger partial charge >= 0.3 is 5.97 Å². The van der Waals surface area contributed by atoms with E-state index in [1.807, 2.05) is 30.5 Å². The number of pyridine rings is 1. The second kappa shape index (κ2) is 9.89. The van der Waals surface area contributed by atoms with Gasteiger partial charge in [-0.3, -0.25) is 0 Å². The fraction of sp³-hybridized carbons (Fsp3) is 0.217. The summed E-state index contributed by atoms with van der Waals surface area (Å²) in [5.41, 5.74) is 2.31. The molecule has 1 atom stereocenters. The zero-order valence-corrected chi connectivity index (χ0v) is 19.2. The summed E-state index contributed by atoms with van der Waals surface area (Å²) in [4.78, 5) is 35.0. The third-order valence-electron chi connectivity index (χ3n) is 5.03. The molecule has 1 aliphatic heterocycles. The molecule has 1 saturated heterocycles. The number of nitrogens with one attached hydrogen (secondary N) is 3. The molecular formula is C23H22N8O2S. The van der Waals surface area contributed by atoms with Crippen molar-refractivity contribution < 1.29 is 9.53 Å². The maximum absolute atomic E-state index is 12.3. The molecule has 0 saturated carbocycles. The minimum Gasteiger partial charge on any atom is -0.457 e. The van der Waals surface area contributed by atoms with Gasteiger partial charge in [0.25, 0.3) is 0 Å². The summed E-state index contributed by atoms with van der Waals surface area (Å²) in [6.45, 7) is 3.49. The number of aryl methyl sites for hydroxylation is 1. The number of carbonyl (C=O) groups is 1. The van der Waals surface area contributed by atoms with Crippen molar-refractivity contribution in [3.63, 3.8) is 0 Å². The van der Waals surface area contributed by atoms with E-state index in [9.17, 15) is 4.79 Å². The van der Waals surface area contributed by atoms with Gasteiger partial charge in [-0.15, -0.1) is 11.3 Å². The van der Waals surface area contributed by atoms with Gasteiger partial charge in [0.05, 0.1) is 5.69 Å². The number of hydrogen-bond donors (Lipinski definition) is 3. The van der Waals surface area contributed by atoms with Crippen LogP contribution in [0.5, 0.6) is 0 Å². The number of hydrogen-bond acceptors (Lipinski definition) is 11. The summed E-state index contributed by atoms with van der Waals surface area (Å²) in [5, 5.41) is 11.3. The number of esters is 1. The SMILES string of the molecule is Cc1cccc(-c2nccc(Nc3ccnc(Nc4csc(C(=O)O[C@H]5CCNC5)c4)n3)n2)n1. The lowest BCUT2D eigenvalue weighted by atomic mass is 10.3. The Morgan fingerprint density at radius 1 is 1.09 bits per heavy atom. The van der Waals surface area contributed by atoms with Crippen molar-refractivity contribution in [2.24, 2.45) is 0 Å². The molecule has 0 bridgehead atoms. The van der Waals surface area contributed by atoms with Gasteiger partial charge in [-0.2, -0.15) is 4.98 Å². The Morgan fingerprint density at radius 3 is 2.76 bits per heavy atom. The molecule has 34 heavy (non-hydrogen) atoms. The first-order valence-electron chi connectivity index (χ1n) is 10.8. The first-order valence-corrected chi connectivity index (χ1v) is 11.6. The quantitative estimate of drug-likeness (QED) is 0.341. The average Bonchev–Trinajstić information content (AvgIpc) is 3.52. The number of anilines is 4. The lowest BCUT2D eigenvalue weighted by Gasteiger charge is -2.09. The third kappa shape index (κ3) is 5.33. The summed E-state index contributed by atoms with van der Waals surface area (Å²) in [6, 6.07) is 11.0. The second-order valence-corrected chi connectivity index (χ2v) is 8.58. The standard InChI is InChI=1S/C23H22N8O2S/c1-14-3-2-4-17(27-14)21-25-9-6-19(30-21)29-20-7-10-26-23(31-20)28-15-11-18(34-13-15)22(32)33-16-5-8-24-12-16/h2-4,6-7,9-11,13,16,24H,5,8,12H2,1H3,(H2,25,26,28,29,30,31)/t16-/m0/s1. The monoisotopic (exact) mass is 474 g/mol. The van der Waals surface area contributed by atoms with Crippen molar-refractivity contribution >= 4 is 40.6 Å². The lowest BCUT2D eigenvalue weighted by Crippen LogP contribution is -2.20. The first kappa shape index (κ1) is 21.9. The molecular weight excluding hydrogens is 452 g/mol. The van der Waals surface area contributed by atoms with Crippen LogP contribution in [0.15, 0.2) is 54.2 Å². The van der Waals surface area contributed by atoms with Crippen LogP contribution in [-0.2, 0) is 4.74 Å². The smallest absolute Gasteiger partial charge is 0.348 e. The van der Waals surface area contributed by atoms with Crippen LogP contribution in [0.3, 0.4) is 0 Å². The van der Waals surface area contributed by atoms with Crippen molar-refractivity contribution in [1.29, 1.82) is 0 Å². The molecule has 4 aromatic rings. The Morgan fingerprint density at radius 2 is 1.94 bits per heavy atom. The van der Waals surface area contributed by atoms with E-state index in [4.69, 9.17) is 4.74 Å². The molecule has 4 aromatic heterocycles. The number of nitrogens with zero attached hydrogens (tertiary/aromatic N) is 5. The van der Waals surface area contributed by atoms with Crippen molar-refractivity contribution in [2.45, 2.75) is 19.4 Å². The molecule has 0 aromatic carbocycles. The van der Waals surface area contributed by atoms with Crippen LogP contribution >= 0.6 is 11.3 Å². The number of aromatic nitrogens is 5. The van der Waals surface area contributed by atoms with E-state index in [-0.39, 0.29) is 12.1 Å². The molecule has 1 aliphatic rings. The fourth-order valence-electron chi connectivity index (χ4n) is 3.42. The Kier molecular flexibility index (Phi) is 6.36. The number of thiophene rings is 1. The minimum absolute atomic E-state index is 0.0684. The highest BCUT2D eigenvalue weighted by atomic mass is 32.1. The highest BCUT2D eigenvalue weighted by Gasteiger charge is 2.21. The topological polar surface area (TPSA) is 127 Å². The predicted molar refractivity (Wildman–Crippen MR) is 130 cm³/mol. The maximum Gasteiger partial charge on any atom is 0.348 e. The van der Waals surface area contributed by atoms with Gasteiger partial charge < -0.3 is 20.7 Å². The fourth-order valence-corrected chi connectivity index (χ4v) is 4.14. The van der Waals surface area contributed by atoms with Gasteiger partial charge in [0.1, 0.15) is 28.3 Å². The Hall–Kier alpha value is -3.96. The van der Waals surface area contributed by atoms with Gasteiger partial charge in [0, 0.05) is 30.0 Å². The minimum atomic E-state index is -0.314. The van der Waals surface area contributed by atoms with Crippen molar-refractivity contribution in [1.82, 2.24) is 30.2 Å². The maximum atomic E-state index is 12.3. The molecule has 5 rings (SSSR count). The molecule has 1 fully saturated rings. The normalized spacial score (nSPS) is 15.1. The Balaban J connectivity index is 1.25. The van der Waals surface area contributed by atoms with Crippen molar-refractivity contribution in [3.05, 3.63) is 64.7 Å². The Labute approximate surface area is 199 Å². The van der Waals surface area contributed by atoms with Crippen LogP contribution in [0.2, 0.25) is 0 Å². The van der Waals surface area contributed by atoms with E-state index in [1.165, 1.54) is 11.3 Å². The van der Waals surface area contributed by atoms with Crippen LogP contribution in [0.4, 0.5) is 23.3 Å².